The molecule has 0 spiro atoms. The largest absolute Gasteiger partial charge is 0.375 e. The summed E-state index contributed by atoms with van der Waals surface area (Å²) in [6.45, 7) is 0.969. The lowest BCUT2D eigenvalue weighted by Gasteiger charge is -2.30. The van der Waals surface area contributed by atoms with E-state index >= 15 is 0 Å². The van der Waals surface area contributed by atoms with Gasteiger partial charge in [-0.2, -0.15) is 0 Å². The SMILES string of the molecule is O=C1C2CC=C(Cl)CC2C(=O)N1CN(CCOCc1ccccc1)CN1C(=O)C2CC=C(Cl)CC2C1=O. The van der Waals surface area contributed by atoms with E-state index in [1.54, 1.807) is 17.1 Å². The number of carbonyl (C=O) groups excluding carboxylic acids is 4. The van der Waals surface area contributed by atoms with Crippen LogP contribution in [0.5, 0.6) is 0 Å². The summed E-state index contributed by atoms with van der Waals surface area (Å²) < 4.78 is 5.83. The minimum absolute atomic E-state index is 0.0254. The molecule has 8 nitrogen and oxygen atoms in total. The predicted octanol–water partition coefficient (Wildman–Crippen LogP) is 3.46. The number of hydrogen-bond acceptors (Lipinski definition) is 6. The van der Waals surface area contributed by atoms with Crippen molar-refractivity contribution in [2.24, 2.45) is 23.7 Å². The first-order chi connectivity index (χ1) is 17.8. The van der Waals surface area contributed by atoms with E-state index in [-0.39, 0.29) is 37.0 Å². The smallest absolute Gasteiger partial charge is 0.234 e. The van der Waals surface area contributed by atoms with E-state index in [0.717, 1.165) is 5.56 Å². The Hall–Kier alpha value is -2.52. The maximum atomic E-state index is 13.1. The Kier molecular flexibility index (Phi) is 7.81. The van der Waals surface area contributed by atoms with Gasteiger partial charge in [0.15, 0.2) is 0 Å². The lowest BCUT2D eigenvalue weighted by atomic mass is 9.85. The Morgan fingerprint density at radius 2 is 1.24 bits per heavy atom. The molecule has 2 heterocycles. The first kappa shape index (κ1) is 26.1. The fraction of sp³-hybridized carbons (Fsp3) is 0.481. The summed E-state index contributed by atoms with van der Waals surface area (Å²) in [5.74, 6) is -2.78. The number of rotatable bonds is 9. The second kappa shape index (κ2) is 11.1. The second-order valence-electron chi connectivity index (χ2n) is 10.0. The van der Waals surface area contributed by atoms with Crippen molar-refractivity contribution in [2.45, 2.75) is 32.3 Å². The molecule has 0 aromatic heterocycles. The molecule has 0 N–H and O–H groups in total. The number of halogens is 2. The van der Waals surface area contributed by atoms with Gasteiger partial charge in [-0.15, -0.1) is 0 Å². The number of ether oxygens (including phenoxy) is 1. The number of likely N-dealkylation sites (tertiary alicyclic amines) is 2. The summed E-state index contributed by atoms with van der Waals surface area (Å²) in [4.78, 5) is 56.8. The highest BCUT2D eigenvalue weighted by molar-refractivity contribution is 6.30. The Morgan fingerprint density at radius 3 is 1.76 bits per heavy atom. The summed E-state index contributed by atoms with van der Waals surface area (Å²) in [5.41, 5.74) is 1.02. The van der Waals surface area contributed by atoms with Crippen molar-refractivity contribution in [1.29, 1.82) is 0 Å². The van der Waals surface area contributed by atoms with Gasteiger partial charge in [-0.05, 0) is 31.2 Å². The van der Waals surface area contributed by atoms with Gasteiger partial charge in [-0.1, -0.05) is 65.7 Å². The van der Waals surface area contributed by atoms with Crippen LogP contribution in [-0.4, -0.2) is 64.8 Å². The van der Waals surface area contributed by atoms with Crippen molar-refractivity contribution >= 4 is 46.8 Å². The van der Waals surface area contributed by atoms with Crippen molar-refractivity contribution < 1.29 is 23.9 Å². The standard InChI is InChI=1S/C27H29Cl2N3O5/c28-18-6-8-20-22(12-18)26(35)31(24(20)33)15-30(10-11-37-14-17-4-2-1-3-5-17)16-32-25(34)21-9-7-19(29)13-23(21)27(32)36/h1-7,20-23H,8-16H2. The molecule has 37 heavy (non-hydrogen) atoms. The first-order valence-electron chi connectivity index (χ1n) is 12.6. The third kappa shape index (κ3) is 5.39. The van der Waals surface area contributed by atoms with Crippen LogP contribution >= 0.6 is 23.2 Å². The summed E-state index contributed by atoms with van der Waals surface area (Å²) in [6, 6.07) is 9.72. The zero-order chi connectivity index (χ0) is 26.1. The molecular formula is C27H29Cl2N3O5. The molecule has 5 rings (SSSR count). The van der Waals surface area contributed by atoms with Crippen molar-refractivity contribution in [3.8, 4) is 0 Å². The van der Waals surface area contributed by atoms with Gasteiger partial charge in [-0.3, -0.25) is 33.9 Å². The fourth-order valence-corrected chi connectivity index (χ4v) is 6.13. The van der Waals surface area contributed by atoms with Crippen molar-refractivity contribution in [1.82, 2.24) is 14.7 Å². The quantitative estimate of drug-likeness (QED) is 0.349. The lowest BCUT2D eigenvalue weighted by Crippen LogP contribution is -2.49. The summed E-state index contributed by atoms with van der Waals surface area (Å²) in [7, 11) is 0. The topological polar surface area (TPSA) is 87.2 Å². The van der Waals surface area contributed by atoms with Gasteiger partial charge < -0.3 is 4.74 Å². The highest BCUT2D eigenvalue weighted by Gasteiger charge is 2.51. The molecule has 2 saturated heterocycles. The zero-order valence-corrected chi connectivity index (χ0v) is 21.9. The minimum Gasteiger partial charge on any atom is -0.375 e. The molecule has 2 fully saturated rings. The van der Waals surface area contributed by atoms with E-state index in [0.29, 0.717) is 55.5 Å². The molecule has 4 atom stereocenters. The summed E-state index contributed by atoms with van der Waals surface area (Å²) >= 11 is 12.3. The Morgan fingerprint density at radius 1 is 0.757 bits per heavy atom. The molecular weight excluding hydrogens is 517 g/mol. The predicted molar refractivity (Wildman–Crippen MR) is 137 cm³/mol. The third-order valence-corrected chi connectivity index (χ3v) is 8.28. The van der Waals surface area contributed by atoms with Crippen LogP contribution < -0.4 is 0 Å². The third-order valence-electron chi connectivity index (χ3n) is 7.67. The molecule has 4 aliphatic rings. The van der Waals surface area contributed by atoms with Crippen LogP contribution in [0.25, 0.3) is 0 Å². The van der Waals surface area contributed by atoms with Gasteiger partial charge in [0.25, 0.3) is 0 Å². The molecule has 1 aromatic carbocycles. The van der Waals surface area contributed by atoms with E-state index in [9.17, 15) is 19.2 Å². The van der Waals surface area contributed by atoms with E-state index in [2.05, 4.69) is 0 Å². The number of nitrogens with zero attached hydrogens (tertiary/aromatic N) is 3. The van der Waals surface area contributed by atoms with Gasteiger partial charge >= 0.3 is 0 Å². The fourth-order valence-electron chi connectivity index (χ4n) is 5.61. The molecule has 2 aliphatic heterocycles. The summed E-state index contributed by atoms with van der Waals surface area (Å²) in [6.07, 6.45) is 5.18. The Balaban J connectivity index is 1.28. The number of hydrogen-bond donors (Lipinski definition) is 0. The second-order valence-corrected chi connectivity index (χ2v) is 11.0. The molecule has 0 bridgehead atoms. The lowest BCUT2D eigenvalue weighted by molar-refractivity contribution is -0.145. The normalized spacial score (nSPS) is 27.5. The van der Waals surface area contributed by atoms with Gasteiger partial charge in [0.2, 0.25) is 23.6 Å². The monoisotopic (exact) mass is 545 g/mol. The van der Waals surface area contributed by atoms with Crippen molar-refractivity contribution in [3.05, 3.63) is 58.1 Å². The Labute approximate surface area is 225 Å². The van der Waals surface area contributed by atoms with E-state index < -0.39 is 23.7 Å². The number of benzene rings is 1. The first-order valence-corrected chi connectivity index (χ1v) is 13.3. The summed E-state index contributed by atoms with van der Waals surface area (Å²) in [5, 5.41) is 1.19. The minimum atomic E-state index is -0.465. The van der Waals surface area contributed by atoms with Crippen LogP contribution in [-0.2, 0) is 30.5 Å². The van der Waals surface area contributed by atoms with E-state index in [4.69, 9.17) is 27.9 Å². The number of imide groups is 2. The number of allylic oxidation sites excluding steroid dienone is 4. The van der Waals surface area contributed by atoms with Crippen molar-refractivity contribution in [2.75, 3.05) is 26.5 Å². The highest BCUT2D eigenvalue weighted by Crippen LogP contribution is 2.40. The van der Waals surface area contributed by atoms with Crippen LogP contribution in [0.4, 0.5) is 0 Å². The number of carbonyl (C=O) groups is 4. The molecule has 4 amide bonds. The van der Waals surface area contributed by atoms with E-state index in [1.807, 2.05) is 30.3 Å². The molecule has 4 unspecified atom stereocenters. The van der Waals surface area contributed by atoms with Gasteiger partial charge in [0.05, 0.1) is 50.2 Å². The Bertz CT molecular complexity index is 1090. The van der Waals surface area contributed by atoms with Crippen LogP contribution in [0.3, 0.4) is 0 Å². The molecule has 196 valence electrons. The average molecular weight is 546 g/mol. The van der Waals surface area contributed by atoms with Gasteiger partial charge in [-0.25, -0.2) is 0 Å². The number of amides is 4. The molecule has 10 heteroatoms. The number of fused-ring (bicyclic) bond motifs is 2. The zero-order valence-electron chi connectivity index (χ0n) is 20.4. The van der Waals surface area contributed by atoms with Crippen LogP contribution in [0.2, 0.25) is 0 Å². The van der Waals surface area contributed by atoms with Gasteiger partial charge in [0, 0.05) is 16.6 Å². The average Bonchev–Trinajstić information content (AvgIpc) is 3.26. The van der Waals surface area contributed by atoms with Crippen LogP contribution in [0.1, 0.15) is 31.2 Å². The van der Waals surface area contributed by atoms with Crippen LogP contribution in [0, 0.1) is 23.7 Å². The highest BCUT2D eigenvalue weighted by atomic mass is 35.5. The molecule has 0 saturated carbocycles. The van der Waals surface area contributed by atoms with Crippen molar-refractivity contribution in [3.63, 3.8) is 0 Å². The van der Waals surface area contributed by atoms with Crippen LogP contribution in [0.15, 0.2) is 52.5 Å². The van der Waals surface area contributed by atoms with E-state index in [1.165, 1.54) is 9.80 Å². The maximum absolute atomic E-state index is 13.1. The molecule has 1 aromatic rings. The molecule has 2 aliphatic carbocycles. The molecule has 0 radical (unpaired) electrons. The maximum Gasteiger partial charge on any atom is 0.234 e. The van der Waals surface area contributed by atoms with Gasteiger partial charge in [0.1, 0.15) is 0 Å².